The van der Waals surface area contributed by atoms with Gasteiger partial charge in [0.15, 0.2) is 0 Å². The van der Waals surface area contributed by atoms with Gasteiger partial charge < -0.3 is 15.0 Å². The molecule has 1 aliphatic carbocycles. The van der Waals surface area contributed by atoms with Gasteiger partial charge in [0.1, 0.15) is 5.82 Å². The van der Waals surface area contributed by atoms with E-state index in [1.807, 2.05) is 6.20 Å². The summed E-state index contributed by atoms with van der Waals surface area (Å²) in [5, 5.41) is 3.57. The van der Waals surface area contributed by atoms with Crippen molar-refractivity contribution in [2.75, 3.05) is 32.1 Å². The van der Waals surface area contributed by atoms with E-state index in [1.165, 1.54) is 38.4 Å². The van der Waals surface area contributed by atoms with Gasteiger partial charge in [-0.2, -0.15) is 0 Å². The van der Waals surface area contributed by atoms with Gasteiger partial charge in [0.2, 0.25) is 0 Å². The molecule has 2 fully saturated rings. The van der Waals surface area contributed by atoms with Gasteiger partial charge in [0, 0.05) is 25.3 Å². The molecule has 0 unspecified atom stereocenters. The third kappa shape index (κ3) is 5.19. The summed E-state index contributed by atoms with van der Waals surface area (Å²) in [6, 6.07) is 4.68. The molecule has 1 saturated carbocycles. The Kier molecular flexibility index (Phi) is 6.52. The average Bonchev–Trinajstić information content (AvgIpc) is 3.11. The average molecular weight is 360 g/mol. The van der Waals surface area contributed by atoms with Crippen LogP contribution in [0.1, 0.15) is 56.9 Å². The van der Waals surface area contributed by atoms with Gasteiger partial charge >= 0.3 is 5.97 Å². The minimum atomic E-state index is -0.0413. The van der Waals surface area contributed by atoms with Gasteiger partial charge in [0.25, 0.3) is 0 Å². The quantitative estimate of drug-likeness (QED) is 0.751. The first-order valence-electron chi connectivity index (χ1n) is 10.1. The SMILES string of the molecule is COC(=O)CC1(CCN2CCC(Nc3ccc(C)cn3)CC2)CCCC1. The highest BCUT2D eigenvalue weighted by molar-refractivity contribution is 5.70. The Morgan fingerprint density at radius 3 is 2.65 bits per heavy atom. The number of rotatable bonds is 7. The van der Waals surface area contributed by atoms with E-state index in [4.69, 9.17) is 4.74 Å². The van der Waals surface area contributed by atoms with Crippen molar-refractivity contribution in [1.29, 1.82) is 0 Å². The number of piperidine rings is 1. The first kappa shape index (κ1) is 19.2. The molecule has 2 aliphatic rings. The van der Waals surface area contributed by atoms with Crippen molar-refractivity contribution in [2.45, 2.75) is 64.3 Å². The Morgan fingerprint density at radius 1 is 1.31 bits per heavy atom. The first-order valence-corrected chi connectivity index (χ1v) is 10.1. The van der Waals surface area contributed by atoms with Crippen molar-refractivity contribution < 1.29 is 9.53 Å². The number of anilines is 1. The van der Waals surface area contributed by atoms with Crippen LogP contribution in [0.25, 0.3) is 0 Å². The van der Waals surface area contributed by atoms with Crippen LogP contribution in [0.15, 0.2) is 18.3 Å². The van der Waals surface area contributed by atoms with Gasteiger partial charge in [-0.05, 0) is 62.6 Å². The molecule has 1 N–H and O–H groups in total. The predicted molar refractivity (Wildman–Crippen MR) is 104 cm³/mol. The fourth-order valence-corrected chi connectivity index (χ4v) is 4.48. The van der Waals surface area contributed by atoms with Crippen molar-refractivity contribution in [3.8, 4) is 0 Å². The van der Waals surface area contributed by atoms with Gasteiger partial charge in [-0.1, -0.05) is 18.9 Å². The zero-order valence-corrected chi connectivity index (χ0v) is 16.3. The molecule has 5 heteroatoms. The van der Waals surface area contributed by atoms with Crippen molar-refractivity contribution in [3.05, 3.63) is 23.9 Å². The van der Waals surface area contributed by atoms with E-state index in [-0.39, 0.29) is 11.4 Å². The third-order valence-electron chi connectivity index (χ3n) is 6.22. The summed E-state index contributed by atoms with van der Waals surface area (Å²) in [6.45, 7) is 5.41. The zero-order valence-electron chi connectivity index (χ0n) is 16.3. The second-order valence-electron chi connectivity index (χ2n) is 8.19. The molecule has 5 nitrogen and oxygen atoms in total. The molecule has 0 amide bonds. The van der Waals surface area contributed by atoms with Crippen LogP contribution in [0.2, 0.25) is 0 Å². The Labute approximate surface area is 157 Å². The summed E-state index contributed by atoms with van der Waals surface area (Å²) >= 11 is 0. The lowest BCUT2D eigenvalue weighted by atomic mass is 9.79. The Hall–Kier alpha value is -1.62. The monoisotopic (exact) mass is 359 g/mol. The Bertz CT molecular complexity index is 573. The second-order valence-corrected chi connectivity index (χ2v) is 8.19. The predicted octanol–water partition coefficient (Wildman–Crippen LogP) is 3.78. The van der Waals surface area contributed by atoms with E-state index in [1.54, 1.807) is 0 Å². The van der Waals surface area contributed by atoms with Crippen LogP contribution in [0.5, 0.6) is 0 Å². The zero-order chi connectivity index (χ0) is 18.4. The fourth-order valence-electron chi connectivity index (χ4n) is 4.48. The molecule has 1 aromatic heterocycles. The van der Waals surface area contributed by atoms with Gasteiger partial charge in [-0.25, -0.2) is 4.98 Å². The lowest BCUT2D eigenvalue weighted by Gasteiger charge is -2.35. The number of carbonyl (C=O) groups excluding carboxylic acids is 1. The summed E-state index contributed by atoms with van der Waals surface area (Å²) in [6.07, 6.45) is 10.8. The summed E-state index contributed by atoms with van der Waals surface area (Å²) < 4.78 is 4.94. The van der Waals surface area contributed by atoms with Gasteiger partial charge in [-0.15, -0.1) is 0 Å². The highest BCUT2D eigenvalue weighted by Crippen LogP contribution is 2.44. The summed E-state index contributed by atoms with van der Waals surface area (Å²) in [7, 11) is 1.51. The van der Waals surface area contributed by atoms with Crippen molar-refractivity contribution in [1.82, 2.24) is 9.88 Å². The van der Waals surface area contributed by atoms with E-state index >= 15 is 0 Å². The maximum absolute atomic E-state index is 11.8. The lowest BCUT2D eigenvalue weighted by Crippen LogP contribution is -2.41. The minimum Gasteiger partial charge on any atom is -0.469 e. The van der Waals surface area contributed by atoms with Crippen LogP contribution in [0, 0.1) is 12.3 Å². The summed E-state index contributed by atoms with van der Waals surface area (Å²) in [4.78, 5) is 18.8. The summed E-state index contributed by atoms with van der Waals surface area (Å²) in [5.41, 5.74) is 1.38. The number of likely N-dealkylation sites (tertiary alicyclic amines) is 1. The number of aryl methyl sites for hydroxylation is 1. The van der Waals surface area contributed by atoms with Crippen LogP contribution in [-0.4, -0.2) is 48.6 Å². The smallest absolute Gasteiger partial charge is 0.306 e. The highest BCUT2D eigenvalue weighted by Gasteiger charge is 2.36. The number of methoxy groups -OCH3 is 1. The minimum absolute atomic E-state index is 0.0413. The van der Waals surface area contributed by atoms with E-state index in [0.717, 1.165) is 44.7 Å². The molecule has 0 radical (unpaired) electrons. The number of carbonyl (C=O) groups is 1. The maximum Gasteiger partial charge on any atom is 0.306 e. The standard InChI is InChI=1S/C21H33N3O2/c1-17-5-6-19(22-16-17)23-18-7-12-24(13-8-18)14-11-21(9-3-4-10-21)15-20(25)26-2/h5-6,16,18H,3-4,7-15H2,1-2H3,(H,22,23). The molecular weight excluding hydrogens is 326 g/mol. The Morgan fingerprint density at radius 2 is 2.04 bits per heavy atom. The molecule has 26 heavy (non-hydrogen) atoms. The van der Waals surface area contributed by atoms with Crippen molar-refractivity contribution >= 4 is 11.8 Å². The third-order valence-corrected chi connectivity index (χ3v) is 6.22. The molecule has 1 aliphatic heterocycles. The largest absolute Gasteiger partial charge is 0.469 e. The van der Waals surface area contributed by atoms with Crippen LogP contribution in [0.4, 0.5) is 5.82 Å². The van der Waals surface area contributed by atoms with Crippen molar-refractivity contribution in [3.63, 3.8) is 0 Å². The molecular formula is C21H33N3O2. The number of aromatic nitrogens is 1. The topological polar surface area (TPSA) is 54.5 Å². The molecule has 1 saturated heterocycles. The first-order chi connectivity index (χ1) is 12.6. The van der Waals surface area contributed by atoms with E-state index in [9.17, 15) is 4.79 Å². The second kappa shape index (κ2) is 8.85. The van der Waals surface area contributed by atoms with E-state index in [0.29, 0.717) is 12.5 Å². The molecule has 3 rings (SSSR count). The number of pyridine rings is 1. The van der Waals surface area contributed by atoms with Crippen LogP contribution < -0.4 is 5.32 Å². The number of nitrogens with zero attached hydrogens (tertiary/aromatic N) is 2. The Balaban J connectivity index is 1.43. The van der Waals surface area contributed by atoms with Gasteiger partial charge in [-0.3, -0.25) is 4.79 Å². The number of nitrogens with one attached hydrogen (secondary N) is 1. The molecule has 144 valence electrons. The molecule has 0 bridgehead atoms. The fraction of sp³-hybridized carbons (Fsp3) is 0.714. The van der Waals surface area contributed by atoms with Crippen molar-refractivity contribution in [2.24, 2.45) is 5.41 Å². The van der Waals surface area contributed by atoms with Crippen LogP contribution in [-0.2, 0) is 9.53 Å². The van der Waals surface area contributed by atoms with Crippen LogP contribution >= 0.6 is 0 Å². The molecule has 2 heterocycles. The molecule has 0 spiro atoms. The highest BCUT2D eigenvalue weighted by atomic mass is 16.5. The normalized spacial score (nSPS) is 20.8. The number of hydrogen-bond donors (Lipinski definition) is 1. The van der Waals surface area contributed by atoms with E-state index < -0.39 is 0 Å². The molecule has 0 aromatic carbocycles. The van der Waals surface area contributed by atoms with Crippen LogP contribution in [0.3, 0.4) is 0 Å². The number of hydrogen-bond acceptors (Lipinski definition) is 5. The maximum atomic E-state index is 11.8. The molecule has 1 aromatic rings. The van der Waals surface area contributed by atoms with E-state index in [2.05, 4.69) is 34.3 Å². The number of ether oxygens (including phenoxy) is 1. The summed E-state index contributed by atoms with van der Waals surface area (Å²) in [5.74, 6) is 0.942. The van der Waals surface area contributed by atoms with Gasteiger partial charge in [0.05, 0.1) is 13.5 Å². The number of esters is 1. The molecule has 0 atom stereocenters. The lowest BCUT2D eigenvalue weighted by molar-refractivity contribution is -0.143.